The number of benzene rings is 2. The van der Waals surface area contributed by atoms with Crippen molar-refractivity contribution in [3.8, 4) is 23.0 Å². The number of hydrogen-bond donors (Lipinski definition) is 1. The fourth-order valence-electron chi connectivity index (χ4n) is 8.39. The summed E-state index contributed by atoms with van der Waals surface area (Å²) in [5.41, 5.74) is -0.180. The first-order valence-corrected chi connectivity index (χ1v) is 17.8. The van der Waals surface area contributed by atoms with Crippen LogP contribution in [0.1, 0.15) is 64.9 Å². The van der Waals surface area contributed by atoms with E-state index in [1.165, 1.54) is 13.2 Å². The Morgan fingerprint density at radius 1 is 1.04 bits per heavy atom. The van der Waals surface area contributed by atoms with Gasteiger partial charge in [0.25, 0.3) is 0 Å². The first-order chi connectivity index (χ1) is 24.2. The first kappa shape index (κ1) is 34.7. The van der Waals surface area contributed by atoms with Crippen LogP contribution in [0.3, 0.4) is 0 Å². The number of β-amino-alcohol motifs (C(OH)–C–C–N with tert-alkyl or cyclic N) is 1. The van der Waals surface area contributed by atoms with Gasteiger partial charge in [-0.3, -0.25) is 9.88 Å². The van der Waals surface area contributed by atoms with Gasteiger partial charge in [-0.25, -0.2) is 8.78 Å². The number of methoxy groups -OCH3 is 1. The van der Waals surface area contributed by atoms with Gasteiger partial charge in [0.1, 0.15) is 35.2 Å². The zero-order valence-electron chi connectivity index (χ0n) is 29.4. The van der Waals surface area contributed by atoms with Crippen molar-refractivity contribution in [2.24, 2.45) is 0 Å². The third-order valence-corrected chi connectivity index (χ3v) is 10.7. The minimum atomic E-state index is -0.937. The molecular formula is C38H47F2N5O5. The normalized spacial score (nSPS) is 24.0. The molecule has 0 radical (unpaired) electrons. The molecule has 2 aromatic carbocycles. The molecule has 3 atom stereocenters. The molecule has 0 amide bonds. The maximum Gasteiger partial charge on any atom is 0.319 e. The molecule has 1 N–H and O–H groups in total. The number of fused-ring (bicyclic) bond motifs is 3. The van der Waals surface area contributed by atoms with Crippen LogP contribution in [0.4, 0.5) is 14.6 Å². The number of halogens is 2. The summed E-state index contributed by atoms with van der Waals surface area (Å²) < 4.78 is 55.5. The number of anilines is 1. The van der Waals surface area contributed by atoms with E-state index in [0.717, 1.165) is 38.6 Å². The van der Waals surface area contributed by atoms with Gasteiger partial charge in [-0.2, -0.15) is 9.97 Å². The molecule has 50 heavy (non-hydrogen) atoms. The minimum absolute atomic E-state index is 0.0113. The van der Waals surface area contributed by atoms with Gasteiger partial charge in [-0.15, -0.1) is 0 Å². The monoisotopic (exact) mass is 691 g/mol. The lowest BCUT2D eigenvalue weighted by Crippen LogP contribution is -2.48. The Bertz CT molecular complexity index is 1880. The molecule has 0 spiro atoms. The molecule has 3 fully saturated rings. The molecule has 3 aliphatic heterocycles. The van der Waals surface area contributed by atoms with Crippen LogP contribution >= 0.6 is 0 Å². The summed E-state index contributed by atoms with van der Waals surface area (Å²) in [6.07, 6.45) is 7.44. The van der Waals surface area contributed by atoms with Gasteiger partial charge in [0.2, 0.25) is 0 Å². The molecule has 0 bridgehead atoms. The zero-order chi connectivity index (χ0) is 35.0. The van der Waals surface area contributed by atoms with Crippen molar-refractivity contribution in [3.63, 3.8) is 0 Å². The Morgan fingerprint density at radius 3 is 2.66 bits per heavy atom. The van der Waals surface area contributed by atoms with Gasteiger partial charge in [0, 0.05) is 44.6 Å². The summed E-state index contributed by atoms with van der Waals surface area (Å²) in [7, 11) is 1.52. The molecule has 10 nitrogen and oxygen atoms in total. The average molecular weight is 692 g/mol. The lowest BCUT2D eigenvalue weighted by Gasteiger charge is -2.38. The van der Waals surface area contributed by atoms with Crippen molar-refractivity contribution < 1.29 is 32.8 Å². The first-order valence-electron chi connectivity index (χ1n) is 17.8. The van der Waals surface area contributed by atoms with Crippen molar-refractivity contribution in [1.82, 2.24) is 19.9 Å². The molecule has 0 aliphatic carbocycles. The number of aliphatic hydroxyl groups is 1. The average Bonchev–Trinajstić information content (AvgIpc) is 3.68. The highest BCUT2D eigenvalue weighted by Gasteiger charge is 2.50. The number of hydrogen-bond acceptors (Lipinski definition) is 10. The number of rotatable bonds is 12. The molecule has 268 valence electrons. The molecule has 4 aromatic rings. The Kier molecular flexibility index (Phi) is 9.81. The van der Waals surface area contributed by atoms with Crippen LogP contribution in [0.25, 0.3) is 32.9 Å². The smallest absolute Gasteiger partial charge is 0.319 e. The molecule has 0 saturated carbocycles. The predicted molar refractivity (Wildman–Crippen MR) is 188 cm³/mol. The summed E-state index contributed by atoms with van der Waals surface area (Å²) in [5.74, 6) is -0.144. The van der Waals surface area contributed by atoms with Crippen LogP contribution in [0.15, 0.2) is 30.5 Å². The summed E-state index contributed by atoms with van der Waals surface area (Å²) in [4.78, 5) is 18.7. The Hall–Kier alpha value is -3.71. The van der Waals surface area contributed by atoms with E-state index >= 15 is 8.78 Å². The maximum absolute atomic E-state index is 17.1. The molecule has 3 saturated heterocycles. The highest BCUT2D eigenvalue weighted by atomic mass is 19.1. The van der Waals surface area contributed by atoms with E-state index in [-0.39, 0.29) is 35.4 Å². The fourth-order valence-corrected chi connectivity index (χ4v) is 8.39. The summed E-state index contributed by atoms with van der Waals surface area (Å²) in [5, 5.41) is 12.7. The van der Waals surface area contributed by atoms with Crippen molar-refractivity contribution in [2.45, 2.75) is 82.9 Å². The van der Waals surface area contributed by atoms with Crippen molar-refractivity contribution in [2.75, 3.05) is 58.3 Å². The molecule has 3 aliphatic rings. The highest BCUT2D eigenvalue weighted by Crippen LogP contribution is 2.44. The van der Waals surface area contributed by atoms with Gasteiger partial charge >= 0.3 is 6.01 Å². The number of ether oxygens (including phenoxy) is 4. The van der Waals surface area contributed by atoms with Crippen LogP contribution in [0.5, 0.6) is 11.8 Å². The largest absolute Gasteiger partial charge is 0.468 e. The summed E-state index contributed by atoms with van der Waals surface area (Å²) in [6, 6.07) is 6.95. The van der Waals surface area contributed by atoms with E-state index in [9.17, 15) is 5.11 Å². The molecule has 5 heterocycles. The predicted octanol–water partition coefficient (Wildman–Crippen LogP) is 6.43. The summed E-state index contributed by atoms with van der Waals surface area (Å²) in [6.45, 7) is 9.36. The third-order valence-electron chi connectivity index (χ3n) is 10.7. The Balaban J connectivity index is 1.34. The van der Waals surface area contributed by atoms with E-state index < -0.39 is 11.4 Å². The number of aromatic nitrogens is 3. The maximum atomic E-state index is 17.1. The highest BCUT2D eigenvalue weighted by molar-refractivity contribution is 6.01. The summed E-state index contributed by atoms with van der Waals surface area (Å²) >= 11 is 0. The van der Waals surface area contributed by atoms with Gasteiger partial charge < -0.3 is 29.0 Å². The van der Waals surface area contributed by atoms with Gasteiger partial charge in [-0.05, 0) is 99.9 Å². The van der Waals surface area contributed by atoms with Gasteiger partial charge in [0.05, 0.1) is 23.1 Å². The molecule has 0 unspecified atom stereocenters. The quantitative estimate of drug-likeness (QED) is 0.167. The van der Waals surface area contributed by atoms with Crippen LogP contribution in [-0.4, -0.2) is 95.5 Å². The molecular weight excluding hydrogens is 644 g/mol. The van der Waals surface area contributed by atoms with E-state index in [1.807, 2.05) is 18.7 Å². The number of pyridine rings is 1. The van der Waals surface area contributed by atoms with Crippen LogP contribution < -0.4 is 14.4 Å². The second-order valence-corrected chi connectivity index (χ2v) is 14.2. The van der Waals surface area contributed by atoms with E-state index in [2.05, 4.69) is 9.88 Å². The van der Waals surface area contributed by atoms with Crippen LogP contribution in [-0.2, 0) is 15.9 Å². The number of nitrogens with zero attached hydrogens (tertiary/aromatic N) is 5. The Morgan fingerprint density at radius 2 is 1.88 bits per heavy atom. The fraction of sp³-hybridized carbons (Fsp3) is 0.553. The zero-order valence-corrected chi connectivity index (χ0v) is 29.4. The van der Waals surface area contributed by atoms with E-state index in [4.69, 9.17) is 28.9 Å². The van der Waals surface area contributed by atoms with E-state index in [1.54, 1.807) is 31.3 Å². The molecule has 12 heteroatoms. The van der Waals surface area contributed by atoms with Crippen LogP contribution in [0, 0.1) is 11.6 Å². The Labute approximate surface area is 291 Å². The lowest BCUT2D eigenvalue weighted by molar-refractivity contribution is 0.0398. The van der Waals surface area contributed by atoms with Crippen molar-refractivity contribution in [1.29, 1.82) is 0 Å². The standard InChI is InChI=1S/C38H47F2N5O5/c1-5-27-30(39)10-9-24-17-26(50-23-47-4)18-28(31(24)27)33-32(40)34-29(19-41-33)35(44-15-7-12-37(3,46)21-44)43-36(42-34)49-22-38-13-8-16-45(38)25(11-14-38)20-48-6-2/h9-10,17-19,25,46H,5-8,11-16,20-23H2,1-4H3/t25-,37+,38-/m0/s1. The number of piperidine rings is 1. The second kappa shape index (κ2) is 14.1. The SMILES string of the molecule is CCOC[C@@H]1CC[C@]2(COc3nc(N4CCC[C@@](C)(O)C4)c4cnc(-c5cc(OCOC)cc6ccc(F)c(CC)c56)c(F)c4n3)CCCN12. The lowest BCUT2D eigenvalue weighted by atomic mass is 9.94. The van der Waals surface area contributed by atoms with E-state index in [0.29, 0.717) is 90.6 Å². The topological polar surface area (TPSA) is 102 Å². The van der Waals surface area contributed by atoms with Crippen molar-refractivity contribution in [3.05, 3.63) is 47.7 Å². The third kappa shape index (κ3) is 6.47. The van der Waals surface area contributed by atoms with Gasteiger partial charge in [0.15, 0.2) is 12.6 Å². The van der Waals surface area contributed by atoms with Crippen molar-refractivity contribution >= 4 is 27.5 Å². The number of aryl methyl sites for hydroxylation is 1. The van der Waals surface area contributed by atoms with Gasteiger partial charge in [-0.1, -0.05) is 13.0 Å². The van der Waals surface area contributed by atoms with Crippen LogP contribution in [0.2, 0.25) is 0 Å². The minimum Gasteiger partial charge on any atom is -0.468 e. The molecule has 7 rings (SSSR count). The second-order valence-electron chi connectivity index (χ2n) is 14.2. The molecule has 2 aromatic heterocycles.